The molecule has 1 heterocycles. The van der Waals surface area contributed by atoms with Crippen molar-refractivity contribution in [3.05, 3.63) is 47.8 Å². The molecule has 194 valence electrons. The molecular formula is C25H28F3N3O5. The molecule has 0 aliphatic heterocycles. The number of alkyl halides is 3. The Kier molecular flexibility index (Phi) is 7.80. The van der Waals surface area contributed by atoms with E-state index >= 15 is 0 Å². The number of methoxy groups -OCH3 is 2. The first kappa shape index (κ1) is 26.8. The summed E-state index contributed by atoms with van der Waals surface area (Å²) < 4.78 is 55.5. The first-order valence-corrected chi connectivity index (χ1v) is 11.1. The van der Waals surface area contributed by atoms with Gasteiger partial charge >= 0.3 is 12.3 Å². The van der Waals surface area contributed by atoms with Gasteiger partial charge in [-0.1, -0.05) is 6.07 Å². The SMILES string of the molecule is COc1cc(-n2cnc3cc(CNC(=O)OC(C)(C)C)ccc32)cc(OC)c1C(=O)CCC(F)(F)F. The van der Waals surface area contributed by atoms with Crippen molar-refractivity contribution in [1.82, 2.24) is 14.9 Å². The summed E-state index contributed by atoms with van der Waals surface area (Å²) in [6.45, 7) is 5.58. The first-order valence-electron chi connectivity index (χ1n) is 11.1. The molecule has 0 spiro atoms. The monoisotopic (exact) mass is 507 g/mol. The number of ether oxygens (including phenoxy) is 3. The summed E-state index contributed by atoms with van der Waals surface area (Å²) >= 11 is 0. The van der Waals surface area contributed by atoms with Gasteiger partial charge in [-0.15, -0.1) is 0 Å². The third-order valence-electron chi connectivity index (χ3n) is 5.13. The predicted molar refractivity (Wildman–Crippen MR) is 127 cm³/mol. The fourth-order valence-electron chi connectivity index (χ4n) is 3.55. The van der Waals surface area contributed by atoms with Crippen molar-refractivity contribution in [1.29, 1.82) is 0 Å². The standard InChI is InChI=1S/C25H28F3N3O5/c1-24(2,3)36-23(33)29-13-15-6-7-18-17(10-15)30-14-31(18)16-11-20(34-4)22(21(12-16)35-5)19(32)8-9-25(26,27)28/h6-7,10-12,14H,8-9,13H2,1-5H3,(H,29,33). The number of ketones is 1. The number of carbonyl (C=O) groups is 2. The summed E-state index contributed by atoms with van der Waals surface area (Å²) in [6, 6.07) is 8.54. The van der Waals surface area contributed by atoms with Crippen molar-refractivity contribution in [3.63, 3.8) is 0 Å². The van der Waals surface area contributed by atoms with Crippen LogP contribution < -0.4 is 14.8 Å². The van der Waals surface area contributed by atoms with Crippen LogP contribution in [-0.4, -0.2) is 47.4 Å². The molecule has 1 aromatic heterocycles. The van der Waals surface area contributed by atoms with Gasteiger partial charge in [-0.05, 0) is 38.5 Å². The number of alkyl carbamates (subject to hydrolysis) is 1. The van der Waals surface area contributed by atoms with E-state index in [0.29, 0.717) is 11.2 Å². The van der Waals surface area contributed by atoms with E-state index in [1.165, 1.54) is 14.2 Å². The molecule has 1 N–H and O–H groups in total. The highest BCUT2D eigenvalue weighted by Gasteiger charge is 2.30. The highest BCUT2D eigenvalue weighted by Crippen LogP contribution is 2.35. The molecule has 1 amide bonds. The molecule has 0 saturated heterocycles. The molecule has 11 heteroatoms. The quantitative estimate of drug-likeness (QED) is 0.400. The van der Waals surface area contributed by atoms with E-state index in [0.717, 1.165) is 11.1 Å². The molecule has 0 unspecified atom stereocenters. The number of Topliss-reactive ketones (excluding diaryl/α,β-unsaturated/α-hetero) is 1. The number of amides is 1. The number of rotatable bonds is 8. The first-order chi connectivity index (χ1) is 16.8. The number of halogens is 3. The zero-order valence-electron chi connectivity index (χ0n) is 20.7. The van der Waals surface area contributed by atoms with E-state index in [9.17, 15) is 22.8 Å². The van der Waals surface area contributed by atoms with Crippen molar-refractivity contribution >= 4 is 22.9 Å². The van der Waals surface area contributed by atoms with Crippen LogP contribution in [0.3, 0.4) is 0 Å². The molecule has 0 radical (unpaired) electrons. The van der Waals surface area contributed by atoms with Gasteiger partial charge < -0.3 is 19.5 Å². The largest absolute Gasteiger partial charge is 0.496 e. The fourth-order valence-corrected chi connectivity index (χ4v) is 3.55. The molecule has 3 rings (SSSR count). The molecule has 3 aromatic rings. The Hall–Kier alpha value is -3.76. The molecule has 0 fully saturated rings. The highest BCUT2D eigenvalue weighted by atomic mass is 19.4. The van der Waals surface area contributed by atoms with Gasteiger partial charge in [-0.3, -0.25) is 9.36 Å². The van der Waals surface area contributed by atoms with Crippen molar-refractivity contribution < 1.29 is 37.0 Å². The maximum Gasteiger partial charge on any atom is 0.407 e. The third kappa shape index (κ3) is 6.67. The maximum atomic E-state index is 12.6. The number of imidazole rings is 1. The van der Waals surface area contributed by atoms with Gasteiger partial charge in [-0.2, -0.15) is 13.2 Å². The lowest BCUT2D eigenvalue weighted by Gasteiger charge is -2.19. The second-order valence-electron chi connectivity index (χ2n) is 9.06. The summed E-state index contributed by atoms with van der Waals surface area (Å²) in [6.07, 6.45) is -5.37. The molecule has 36 heavy (non-hydrogen) atoms. The predicted octanol–water partition coefficient (Wildman–Crippen LogP) is 5.59. The van der Waals surface area contributed by atoms with Gasteiger partial charge in [0, 0.05) is 25.1 Å². The Morgan fingerprint density at radius 1 is 1.03 bits per heavy atom. The van der Waals surface area contributed by atoms with Crippen molar-refractivity contribution in [3.8, 4) is 17.2 Å². The van der Waals surface area contributed by atoms with Gasteiger partial charge in [0.1, 0.15) is 29.0 Å². The second-order valence-corrected chi connectivity index (χ2v) is 9.06. The van der Waals surface area contributed by atoms with Gasteiger partial charge in [-0.25, -0.2) is 9.78 Å². The zero-order chi connectivity index (χ0) is 26.7. The van der Waals surface area contributed by atoms with Crippen molar-refractivity contribution in [2.45, 2.75) is 51.9 Å². The van der Waals surface area contributed by atoms with Gasteiger partial charge in [0.15, 0.2) is 5.78 Å². The fraction of sp³-hybridized carbons (Fsp3) is 0.400. The highest BCUT2D eigenvalue weighted by molar-refractivity contribution is 6.02. The molecule has 0 aliphatic rings. The third-order valence-corrected chi connectivity index (χ3v) is 5.13. The van der Waals surface area contributed by atoms with E-state index in [-0.39, 0.29) is 23.6 Å². The van der Waals surface area contributed by atoms with Crippen LogP contribution in [0.4, 0.5) is 18.0 Å². The molecule has 0 saturated carbocycles. The number of benzene rings is 2. The molecule has 0 bridgehead atoms. The van der Waals surface area contributed by atoms with E-state index < -0.39 is 36.5 Å². The van der Waals surface area contributed by atoms with E-state index in [1.807, 2.05) is 18.2 Å². The summed E-state index contributed by atoms with van der Waals surface area (Å²) in [5, 5.41) is 2.69. The van der Waals surface area contributed by atoms with Crippen LogP contribution in [0.5, 0.6) is 11.5 Å². The smallest absolute Gasteiger partial charge is 0.407 e. The number of hydrogen-bond donors (Lipinski definition) is 1. The average molecular weight is 508 g/mol. The Labute approximate surface area is 206 Å². The topological polar surface area (TPSA) is 91.7 Å². The minimum atomic E-state index is -4.45. The Balaban J connectivity index is 1.88. The normalized spacial score (nSPS) is 11.9. The minimum absolute atomic E-state index is 0.0482. The van der Waals surface area contributed by atoms with Crippen LogP contribution in [-0.2, 0) is 11.3 Å². The van der Waals surface area contributed by atoms with Crippen LogP contribution in [0.2, 0.25) is 0 Å². The van der Waals surface area contributed by atoms with Crippen LogP contribution in [0, 0.1) is 0 Å². The molecule has 0 aliphatic carbocycles. The maximum absolute atomic E-state index is 12.6. The van der Waals surface area contributed by atoms with Gasteiger partial charge in [0.25, 0.3) is 0 Å². The Morgan fingerprint density at radius 3 is 2.22 bits per heavy atom. The zero-order valence-corrected chi connectivity index (χ0v) is 20.7. The van der Waals surface area contributed by atoms with E-state index in [4.69, 9.17) is 14.2 Å². The summed E-state index contributed by atoms with van der Waals surface area (Å²) in [5.41, 5.74) is 2.05. The lowest BCUT2D eigenvalue weighted by atomic mass is 10.0. The van der Waals surface area contributed by atoms with E-state index in [1.54, 1.807) is 43.8 Å². The van der Waals surface area contributed by atoms with Crippen molar-refractivity contribution in [2.24, 2.45) is 0 Å². The lowest BCUT2D eigenvalue weighted by molar-refractivity contribution is -0.133. The van der Waals surface area contributed by atoms with Crippen LogP contribution in [0.25, 0.3) is 16.7 Å². The lowest BCUT2D eigenvalue weighted by Crippen LogP contribution is -2.32. The number of nitrogens with one attached hydrogen (secondary N) is 1. The van der Waals surface area contributed by atoms with Crippen LogP contribution >= 0.6 is 0 Å². The molecular weight excluding hydrogens is 479 g/mol. The summed E-state index contributed by atoms with van der Waals surface area (Å²) in [7, 11) is 2.66. The average Bonchev–Trinajstić information content (AvgIpc) is 3.22. The molecule has 2 aromatic carbocycles. The number of hydrogen-bond acceptors (Lipinski definition) is 6. The van der Waals surface area contributed by atoms with E-state index in [2.05, 4.69) is 10.3 Å². The molecule has 8 nitrogen and oxygen atoms in total. The van der Waals surface area contributed by atoms with Gasteiger partial charge in [0.05, 0.1) is 37.4 Å². The molecule has 0 atom stereocenters. The Bertz CT molecular complexity index is 1240. The second kappa shape index (κ2) is 10.5. The number of aromatic nitrogens is 2. The minimum Gasteiger partial charge on any atom is -0.496 e. The van der Waals surface area contributed by atoms with Crippen molar-refractivity contribution in [2.75, 3.05) is 14.2 Å². The summed E-state index contributed by atoms with van der Waals surface area (Å²) in [4.78, 5) is 28.9. The number of carbonyl (C=O) groups excluding carboxylic acids is 2. The van der Waals surface area contributed by atoms with Crippen LogP contribution in [0.1, 0.15) is 49.5 Å². The Morgan fingerprint density at radius 2 is 1.67 bits per heavy atom. The van der Waals surface area contributed by atoms with Gasteiger partial charge in [0.2, 0.25) is 0 Å². The van der Waals surface area contributed by atoms with Crippen LogP contribution in [0.15, 0.2) is 36.7 Å². The summed E-state index contributed by atoms with van der Waals surface area (Å²) in [5.74, 6) is -0.543. The number of fused-ring (bicyclic) bond motifs is 1. The number of nitrogens with zero attached hydrogens (tertiary/aromatic N) is 2.